The fraction of sp³-hybridized carbons (Fsp3) is 0.292. The zero-order valence-corrected chi connectivity index (χ0v) is 18.1. The number of piperazine rings is 1. The van der Waals surface area contributed by atoms with E-state index in [2.05, 4.69) is 10.2 Å². The Hall–Kier alpha value is -3.61. The van der Waals surface area contributed by atoms with Crippen molar-refractivity contribution in [1.29, 1.82) is 0 Å². The molecule has 1 heterocycles. The fourth-order valence-electron chi connectivity index (χ4n) is 3.82. The zero-order chi connectivity index (χ0) is 21.8. The van der Waals surface area contributed by atoms with Crippen LogP contribution in [-0.4, -0.2) is 58.4 Å². The van der Waals surface area contributed by atoms with Gasteiger partial charge >= 0.3 is 6.03 Å². The standard InChI is InChI=1S/C24H27N3O4/c1-29-20-14-19(15-21(16-20)30-2)26-8-10-27(11-9-26)24(28)25-22-12-17-6-4-5-7-18(17)13-23(22)31-3/h4-7,12-16H,8-11H2,1-3H3,(H,25,28). The normalized spacial score (nSPS) is 13.8. The molecule has 1 aliphatic heterocycles. The molecular formula is C24H27N3O4. The third kappa shape index (κ3) is 4.45. The number of hydrogen-bond donors (Lipinski definition) is 1. The molecule has 162 valence electrons. The molecule has 1 N–H and O–H groups in total. The summed E-state index contributed by atoms with van der Waals surface area (Å²) in [7, 11) is 4.89. The predicted octanol–water partition coefficient (Wildman–Crippen LogP) is 4.22. The molecule has 0 saturated carbocycles. The number of methoxy groups -OCH3 is 3. The maximum Gasteiger partial charge on any atom is 0.322 e. The fourth-order valence-corrected chi connectivity index (χ4v) is 3.82. The molecule has 1 fully saturated rings. The monoisotopic (exact) mass is 421 g/mol. The molecule has 0 spiro atoms. The number of ether oxygens (including phenoxy) is 3. The highest BCUT2D eigenvalue weighted by molar-refractivity contribution is 5.96. The second kappa shape index (κ2) is 9.04. The Kier molecular flexibility index (Phi) is 6.02. The molecule has 7 heteroatoms. The summed E-state index contributed by atoms with van der Waals surface area (Å²) in [5.74, 6) is 2.14. The van der Waals surface area contributed by atoms with Crippen LogP contribution in [-0.2, 0) is 0 Å². The molecule has 0 radical (unpaired) electrons. The Balaban J connectivity index is 1.44. The van der Waals surface area contributed by atoms with Crippen LogP contribution in [0.2, 0.25) is 0 Å². The molecule has 31 heavy (non-hydrogen) atoms. The molecule has 0 aromatic heterocycles. The van der Waals surface area contributed by atoms with Gasteiger partial charge in [0, 0.05) is 50.1 Å². The minimum absolute atomic E-state index is 0.128. The highest BCUT2D eigenvalue weighted by atomic mass is 16.5. The van der Waals surface area contributed by atoms with Crippen molar-refractivity contribution in [3.63, 3.8) is 0 Å². The van der Waals surface area contributed by atoms with Crippen molar-refractivity contribution in [1.82, 2.24) is 4.90 Å². The molecule has 7 nitrogen and oxygen atoms in total. The van der Waals surface area contributed by atoms with Crippen LogP contribution < -0.4 is 24.4 Å². The lowest BCUT2D eigenvalue weighted by Crippen LogP contribution is -2.50. The van der Waals surface area contributed by atoms with E-state index < -0.39 is 0 Å². The van der Waals surface area contributed by atoms with E-state index in [4.69, 9.17) is 14.2 Å². The van der Waals surface area contributed by atoms with Gasteiger partial charge in [-0.1, -0.05) is 24.3 Å². The largest absolute Gasteiger partial charge is 0.497 e. The van der Waals surface area contributed by atoms with E-state index in [9.17, 15) is 4.79 Å². The van der Waals surface area contributed by atoms with Crippen LogP contribution >= 0.6 is 0 Å². The van der Waals surface area contributed by atoms with E-state index in [1.165, 1.54) is 0 Å². The first kappa shape index (κ1) is 20.7. The minimum Gasteiger partial charge on any atom is -0.497 e. The van der Waals surface area contributed by atoms with Gasteiger partial charge in [-0.05, 0) is 22.9 Å². The van der Waals surface area contributed by atoms with Gasteiger partial charge in [0.2, 0.25) is 0 Å². The lowest BCUT2D eigenvalue weighted by Gasteiger charge is -2.36. The maximum absolute atomic E-state index is 12.9. The number of hydrogen-bond acceptors (Lipinski definition) is 5. The van der Waals surface area contributed by atoms with E-state index >= 15 is 0 Å². The smallest absolute Gasteiger partial charge is 0.322 e. The van der Waals surface area contributed by atoms with Gasteiger partial charge in [-0.2, -0.15) is 0 Å². The van der Waals surface area contributed by atoms with Crippen LogP contribution in [0.3, 0.4) is 0 Å². The Labute approximate surface area is 182 Å². The minimum atomic E-state index is -0.128. The summed E-state index contributed by atoms with van der Waals surface area (Å²) in [6.45, 7) is 2.67. The second-order valence-corrected chi connectivity index (χ2v) is 7.37. The Morgan fingerprint density at radius 3 is 2.00 bits per heavy atom. The van der Waals surface area contributed by atoms with Gasteiger partial charge in [0.1, 0.15) is 17.2 Å². The van der Waals surface area contributed by atoms with Gasteiger partial charge < -0.3 is 29.3 Å². The first-order chi connectivity index (χ1) is 15.1. The zero-order valence-electron chi connectivity index (χ0n) is 18.1. The SMILES string of the molecule is COc1cc(OC)cc(N2CCN(C(=O)Nc3cc4ccccc4cc3OC)CC2)c1. The van der Waals surface area contributed by atoms with Crippen molar-refractivity contribution in [2.45, 2.75) is 0 Å². The number of carbonyl (C=O) groups excluding carboxylic acids is 1. The summed E-state index contributed by atoms with van der Waals surface area (Å²) in [6, 6.07) is 17.6. The second-order valence-electron chi connectivity index (χ2n) is 7.37. The third-order valence-electron chi connectivity index (χ3n) is 5.58. The van der Waals surface area contributed by atoms with Crippen molar-refractivity contribution in [2.75, 3.05) is 57.7 Å². The molecular weight excluding hydrogens is 394 g/mol. The highest BCUT2D eigenvalue weighted by Crippen LogP contribution is 2.31. The van der Waals surface area contributed by atoms with Gasteiger partial charge in [-0.3, -0.25) is 0 Å². The molecule has 0 aliphatic carbocycles. The summed E-state index contributed by atoms with van der Waals surface area (Å²) in [6.07, 6.45) is 0. The number of nitrogens with one attached hydrogen (secondary N) is 1. The number of amides is 2. The van der Waals surface area contributed by atoms with E-state index in [1.807, 2.05) is 59.5 Å². The van der Waals surface area contributed by atoms with Gasteiger partial charge in [0.25, 0.3) is 0 Å². The lowest BCUT2D eigenvalue weighted by atomic mass is 10.1. The summed E-state index contributed by atoms with van der Waals surface area (Å²) in [5.41, 5.74) is 1.69. The van der Waals surface area contributed by atoms with Crippen LogP contribution in [0, 0.1) is 0 Å². The van der Waals surface area contributed by atoms with Crippen LogP contribution in [0.5, 0.6) is 17.2 Å². The van der Waals surface area contributed by atoms with Crippen molar-refractivity contribution in [3.8, 4) is 17.2 Å². The van der Waals surface area contributed by atoms with Crippen LogP contribution in [0.1, 0.15) is 0 Å². The van der Waals surface area contributed by atoms with Gasteiger partial charge in [-0.25, -0.2) is 4.79 Å². The Bertz CT molecular complexity index is 1060. The lowest BCUT2D eigenvalue weighted by molar-refractivity contribution is 0.208. The number of benzene rings is 3. The Morgan fingerprint density at radius 1 is 0.806 bits per heavy atom. The number of urea groups is 1. The number of carbonyl (C=O) groups is 1. The first-order valence-electron chi connectivity index (χ1n) is 10.2. The number of fused-ring (bicyclic) bond motifs is 1. The summed E-state index contributed by atoms with van der Waals surface area (Å²) < 4.78 is 16.2. The topological polar surface area (TPSA) is 63.3 Å². The summed E-state index contributed by atoms with van der Waals surface area (Å²) >= 11 is 0. The molecule has 3 aromatic rings. The Morgan fingerprint density at radius 2 is 1.42 bits per heavy atom. The number of anilines is 2. The van der Waals surface area contributed by atoms with E-state index in [0.29, 0.717) is 24.5 Å². The van der Waals surface area contributed by atoms with Crippen molar-refractivity contribution >= 4 is 28.2 Å². The van der Waals surface area contributed by atoms with E-state index in [1.54, 1.807) is 21.3 Å². The van der Waals surface area contributed by atoms with E-state index in [-0.39, 0.29) is 6.03 Å². The van der Waals surface area contributed by atoms with Gasteiger partial charge in [-0.15, -0.1) is 0 Å². The number of rotatable bonds is 5. The van der Waals surface area contributed by atoms with Crippen LogP contribution in [0.25, 0.3) is 10.8 Å². The molecule has 0 atom stereocenters. The van der Waals surface area contributed by atoms with Crippen molar-refractivity contribution in [3.05, 3.63) is 54.6 Å². The quantitative estimate of drug-likeness (QED) is 0.668. The van der Waals surface area contributed by atoms with Crippen LogP contribution in [0.4, 0.5) is 16.2 Å². The molecule has 3 aromatic carbocycles. The molecule has 0 bridgehead atoms. The van der Waals surface area contributed by atoms with Gasteiger partial charge in [0.05, 0.1) is 27.0 Å². The number of nitrogens with zero attached hydrogens (tertiary/aromatic N) is 2. The molecule has 4 rings (SSSR count). The molecule has 0 unspecified atom stereocenters. The van der Waals surface area contributed by atoms with Crippen molar-refractivity contribution < 1.29 is 19.0 Å². The molecule has 1 saturated heterocycles. The predicted molar refractivity (Wildman–Crippen MR) is 123 cm³/mol. The van der Waals surface area contributed by atoms with Gasteiger partial charge in [0.15, 0.2) is 0 Å². The maximum atomic E-state index is 12.9. The van der Waals surface area contributed by atoms with Crippen LogP contribution in [0.15, 0.2) is 54.6 Å². The summed E-state index contributed by atoms with van der Waals surface area (Å²) in [4.78, 5) is 17.0. The average Bonchev–Trinajstić information content (AvgIpc) is 2.83. The molecule has 1 aliphatic rings. The molecule has 2 amide bonds. The van der Waals surface area contributed by atoms with E-state index in [0.717, 1.165) is 41.0 Å². The average molecular weight is 421 g/mol. The summed E-state index contributed by atoms with van der Waals surface area (Å²) in [5, 5.41) is 5.14. The first-order valence-corrected chi connectivity index (χ1v) is 10.2. The highest BCUT2D eigenvalue weighted by Gasteiger charge is 2.23. The van der Waals surface area contributed by atoms with Crippen molar-refractivity contribution in [2.24, 2.45) is 0 Å². The third-order valence-corrected chi connectivity index (χ3v) is 5.58.